The Kier molecular flexibility index (Phi) is 2.79. The second kappa shape index (κ2) is 4.30. The molecule has 90 valence electrons. The smallest absolute Gasteiger partial charge is 0.227 e. The minimum Gasteiger partial charge on any atom is -0.323 e. The molecule has 1 N–H and O–H groups in total. The van der Waals surface area contributed by atoms with Gasteiger partial charge in [0.05, 0.1) is 5.69 Å². The number of carbonyl (C=O) groups is 1. The van der Waals surface area contributed by atoms with Gasteiger partial charge in [-0.05, 0) is 43.2 Å². The van der Waals surface area contributed by atoms with Crippen LogP contribution in [-0.4, -0.2) is 10.9 Å². The van der Waals surface area contributed by atoms with E-state index < -0.39 is 0 Å². The third-order valence-corrected chi connectivity index (χ3v) is 4.39. The summed E-state index contributed by atoms with van der Waals surface area (Å²) >= 11 is 5.93. The largest absolute Gasteiger partial charge is 0.323 e. The van der Waals surface area contributed by atoms with Gasteiger partial charge in [0.15, 0.2) is 5.15 Å². The van der Waals surface area contributed by atoms with E-state index in [0.717, 1.165) is 12.3 Å². The van der Waals surface area contributed by atoms with Gasteiger partial charge in [0.1, 0.15) is 0 Å². The molecule has 1 aromatic rings. The summed E-state index contributed by atoms with van der Waals surface area (Å²) in [6.07, 6.45) is 6.42. The number of hydrogen-bond donors (Lipinski definition) is 1. The summed E-state index contributed by atoms with van der Waals surface area (Å²) in [7, 11) is 0. The Balaban J connectivity index is 1.70. The molecule has 1 aromatic heterocycles. The van der Waals surface area contributed by atoms with Crippen molar-refractivity contribution in [1.82, 2.24) is 4.98 Å². The van der Waals surface area contributed by atoms with Crippen molar-refractivity contribution in [2.45, 2.75) is 25.7 Å². The quantitative estimate of drug-likeness (QED) is 0.820. The van der Waals surface area contributed by atoms with Crippen molar-refractivity contribution in [3.63, 3.8) is 0 Å². The van der Waals surface area contributed by atoms with Crippen molar-refractivity contribution >= 4 is 23.2 Å². The van der Waals surface area contributed by atoms with E-state index in [4.69, 9.17) is 11.6 Å². The number of carbonyl (C=O) groups excluding carboxylic acids is 1. The van der Waals surface area contributed by atoms with Crippen molar-refractivity contribution in [2.24, 2.45) is 17.8 Å². The fraction of sp³-hybridized carbons (Fsp3) is 0.538. The van der Waals surface area contributed by atoms with Crippen LogP contribution in [0.25, 0.3) is 0 Å². The number of aromatic nitrogens is 1. The molecular weight excluding hydrogens is 236 g/mol. The van der Waals surface area contributed by atoms with Crippen LogP contribution in [-0.2, 0) is 4.79 Å². The predicted molar refractivity (Wildman–Crippen MR) is 66.8 cm³/mol. The van der Waals surface area contributed by atoms with E-state index >= 15 is 0 Å². The first-order chi connectivity index (χ1) is 8.24. The van der Waals surface area contributed by atoms with E-state index in [1.807, 2.05) is 0 Å². The molecular formula is C13H15ClN2O. The molecule has 3 atom stereocenters. The van der Waals surface area contributed by atoms with Gasteiger partial charge >= 0.3 is 0 Å². The Labute approximate surface area is 106 Å². The van der Waals surface area contributed by atoms with Crippen molar-refractivity contribution in [2.75, 3.05) is 5.32 Å². The number of amides is 1. The molecule has 2 saturated carbocycles. The van der Waals surface area contributed by atoms with Gasteiger partial charge in [0, 0.05) is 12.1 Å². The lowest BCUT2D eigenvalue weighted by molar-refractivity contribution is -0.121. The summed E-state index contributed by atoms with van der Waals surface area (Å²) in [5, 5.41) is 3.27. The Morgan fingerprint density at radius 1 is 1.41 bits per heavy atom. The second-order valence-electron chi connectivity index (χ2n) is 5.11. The van der Waals surface area contributed by atoms with Gasteiger partial charge in [0.25, 0.3) is 0 Å². The first-order valence-electron chi connectivity index (χ1n) is 6.15. The number of pyridine rings is 1. The highest BCUT2D eigenvalue weighted by Crippen LogP contribution is 2.48. The Hall–Kier alpha value is -1.09. The maximum absolute atomic E-state index is 12.2. The molecule has 4 heteroatoms. The highest BCUT2D eigenvalue weighted by atomic mass is 35.5. The van der Waals surface area contributed by atoms with Crippen LogP contribution < -0.4 is 5.32 Å². The second-order valence-corrected chi connectivity index (χ2v) is 5.47. The van der Waals surface area contributed by atoms with Gasteiger partial charge in [0.2, 0.25) is 5.91 Å². The lowest BCUT2D eigenvalue weighted by Crippen LogP contribution is -2.27. The number of rotatable bonds is 2. The van der Waals surface area contributed by atoms with Gasteiger partial charge < -0.3 is 5.32 Å². The molecule has 0 aliphatic heterocycles. The van der Waals surface area contributed by atoms with Crippen LogP contribution in [0.5, 0.6) is 0 Å². The summed E-state index contributed by atoms with van der Waals surface area (Å²) in [6, 6.07) is 3.57. The summed E-state index contributed by atoms with van der Waals surface area (Å²) in [5.74, 6) is 1.67. The molecule has 2 fully saturated rings. The summed E-state index contributed by atoms with van der Waals surface area (Å²) in [4.78, 5) is 16.1. The number of hydrogen-bond acceptors (Lipinski definition) is 2. The zero-order valence-electron chi connectivity index (χ0n) is 9.53. The molecule has 2 bridgehead atoms. The van der Waals surface area contributed by atoms with Crippen LogP contribution in [0.15, 0.2) is 18.3 Å². The first-order valence-corrected chi connectivity index (χ1v) is 6.53. The van der Waals surface area contributed by atoms with Crippen molar-refractivity contribution in [1.29, 1.82) is 0 Å². The monoisotopic (exact) mass is 250 g/mol. The van der Waals surface area contributed by atoms with Gasteiger partial charge in [-0.25, -0.2) is 4.98 Å². The van der Waals surface area contributed by atoms with Gasteiger partial charge in [-0.2, -0.15) is 0 Å². The minimum absolute atomic E-state index is 0.118. The van der Waals surface area contributed by atoms with E-state index in [9.17, 15) is 4.79 Å². The van der Waals surface area contributed by atoms with Gasteiger partial charge in [-0.3, -0.25) is 4.79 Å². The Morgan fingerprint density at radius 2 is 2.29 bits per heavy atom. The van der Waals surface area contributed by atoms with Gasteiger partial charge in [-0.15, -0.1) is 0 Å². The number of anilines is 1. The van der Waals surface area contributed by atoms with E-state index in [1.165, 1.54) is 19.3 Å². The number of nitrogens with one attached hydrogen (secondary N) is 1. The summed E-state index contributed by atoms with van der Waals surface area (Å²) < 4.78 is 0. The SMILES string of the molecule is O=C(Nc1cccnc1Cl)[C@@H]1C[C@H]2CC[C@@H]1C2. The van der Waals surface area contributed by atoms with Crippen LogP contribution in [0, 0.1) is 17.8 Å². The van der Waals surface area contributed by atoms with Crippen LogP contribution in [0.1, 0.15) is 25.7 Å². The van der Waals surface area contributed by atoms with Crippen LogP contribution >= 0.6 is 11.6 Å². The molecule has 0 spiro atoms. The molecule has 0 aromatic carbocycles. The van der Waals surface area contributed by atoms with Crippen molar-refractivity contribution in [3.8, 4) is 0 Å². The normalized spacial score (nSPS) is 30.5. The van der Waals surface area contributed by atoms with Crippen molar-refractivity contribution < 1.29 is 4.79 Å². The highest BCUT2D eigenvalue weighted by molar-refractivity contribution is 6.32. The van der Waals surface area contributed by atoms with E-state index in [-0.39, 0.29) is 11.8 Å². The number of halogens is 1. The molecule has 2 aliphatic rings. The average Bonchev–Trinajstić information content (AvgIpc) is 2.94. The maximum Gasteiger partial charge on any atom is 0.227 e. The standard InChI is InChI=1S/C13H15ClN2O/c14-12-11(2-1-5-15-12)16-13(17)10-7-8-3-4-9(10)6-8/h1-2,5,8-10H,3-4,6-7H2,(H,16,17)/t8-,9+,10+/m0/s1. The molecule has 1 amide bonds. The van der Waals surface area contributed by atoms with Gasteiger partial charge in [-0.1, -0.05) is 18.0 Å². The summed E-state index contributed by atoms with van der Waals surface area (Å²) in [6.45, 7) is 0. The zero-order valence-corrected chi connectivity index (χ0v) is 10.3. The Morgan fingerprint density at radius 3 is 2.94 bits per heavy atom. The fourth-order valence-corrected chi connectivity index (χ4v) is 3.44. The topological polar surface area (TPSA) is 42.0 Å². The number of nitrogens with zero attached hydrogens (tertiary/aromatic N) is 1. The highest BCUT2D eigenvalue weighted by Gasteiger charge is 2.43. The molecule has 3 rings (SSSR count). The van der Waals surface area contributed by atoms with Crippen LogP contribution in [0.4, 0.5) is 5.69 Å². The maximum atomic E-state index is 12.2. The van der Waals surface area contributed by atoms with Crippen molar-refractivity contribution in [3.05, 3.63) is 23.5 Å². The number of fused-ring (bicyclic) bond motifs is 2. The molecule has 0 saturated heterocycles. The lowest BCUT2D eigenvalue weighted by atomic mass is 9.88. The van der Waals surface area contributed by atoms with Crippen LogP contribution in [0.2, 0.25) is 5.15 Å². The van der Waals surface area contributed by atoms with E-state index in [0.29, 0.717) is 16.8 Å². The zero-order chi connectivity index (χ0) is 11.8. The molecule has 2 aliphatic carbocycles. The van der Waals surface area contributed by atoms with E-state index in [1.54, 1.807) is 18.3 Å². The van der Waals surface area contributed by atoms with E-state index in [2.05, 4.69) is 10.3 Å². The van der Waals surface area contributed by atoms with Crippen LogP contribution in [0.3, 0.4) is 0 Å². The molecule has 1 heterocycles. The molecule has 0 unspecified atom stereocenters. The molecule has 3 nitrogen and oxygen atoms in total. The third kappa shape index (κ3) is 2.04. The fourth-order valence-electron chi connectivity index (χ4n) is 3.27. The molecule has 17 heavy (non-hydrogen) atoms. The predicted octanol–water partition coefficient (Wildman–Crippen LogP) is 3.11. The lowest BCUT2D eigenvalue weighted by Gasteiger charge is -2.20. The first kappa shape index (κ1) is 11.0. The summed E-state index contributed by atoms with van der Waals surface area (Å²) in [5.41, 5.74) is 0.627. The third-order valence-electron chi connectivity index (χ3n) is 4.09. The molecule has 0 radical (unpaired) electrons. The average molecular weight is 251 g/mol. The Bertz CT molecular complexity index is 449. The minimum atomic E-state index is 0.118.